The Kier molecular flexibility index (Phi) is 41.1. The van der Waals surface area contributed by atoms with E-state index in [-0.39, 0.29) is 44.5 Å². The lowest BCUT2D eigenvalue weighted by Crippen LogP contribution is -2.33. The van der Waals surface area contributed by atoms with Gasteiger partial charge in [-0.3, -0.25) is 4.79 Å². The quantitative estimate of drug-likeness (QED) is 0.00757. The molecule has 2 saturated carbocycles. The molecule has 3 rings (SSSR count). The van der Waals surface area contributed by atoms with Gasteiger partial charge in [0, 0.05) is 42.6 Å². The van der Waals surface area contributed by atoms with E-state index in [0.717, 1.165) is 44.8 Å². The second-order valence-electron chi connectivity index (χ2n) is 16.2. The number of esters is 1. The minimum Gasteiger partial charge on any atom is -0.423 e. The normalized spacial score (nSPS) is 14.7. The third-order valence-corrected chi connectivity index (χ3v) is 11.6. The first-order valence-electron chi connectivity index (χ1n) is 25.1. The minimum atomic E-state index is -2.04. The van der Waals surface area contributed by atoms with Crippen LogP contribution >= 0.6 is 12.6 Å². The van der Waals surface area contributed by atoms with Crippen molar-refractivity contribution in [2.24, 2.45) is 5.92 Å². The van der Waals surface area contributed by atoms with E-state index in [1.54, 1.807) is 0 Å². The van der Waals surface area contributed by atoms with Crippen molar-refractivity contribution in [3.63, 3.8) is 0 Å². The third-order valence-electron chi connectivity index (χ3n) is 10.9. The molecule has 2 aliphatic rings. The number of benzene rings is 1. The number of ether oxygens (including phenoxy) is 9. The van der Waals surface area contributed by atoms with Crippen LogP contribution < -0.4 is 15.4 Å². The van der Waals surface area contributed by atoms with E-state index in [0.29, 0.717) is 111 Å². The molecule has 0 bridgehead atoms. The van der Waals surface area contributed by atoms with Crippen LogP contribution in [0.2, 0.25) is 0 Å². The maximum Gasteiger partial charge on any atom is 0.313 e. The zero-order valence-electron chi connectivity index (χ0n) is 42.3. The number of hydrogen-bond acceptors (Lipinski definition) is 16. The Morgan fingerprint density at radius 1 is 0.686 bits per heavy atom. The summed E-state index contributed by atoms with van der Waals surface area (Å²) in [6.45, 7) is 15.6. The molecule has 0 spiro atoms. The predicted octanol–water partition coefficient (Wildman–Crippen LogP) is 6.91. The monoisotopic (exact) mass is 1030 g/mol. The molecule has 15 nitrogen and oxygen atoms in total. The van der Waals surface area contributed by atoms with Gasteiger partial charge in [-0.05, 0) is 70.4 Å². The second kappa shape index (κ2) is 43.9. The Balaban J connectivity index is 0.00000130. The first-order valence-corrected chi connectivity index (χ1v) is 25.7. The fraction of sp³-hybridized carbons (Fsp3) is 0.780. The van der Waals surface area contributed by atoms with Gasteiger partial charge >= 0.3 is 5.97 Å². The van der Waals surface area contributed by atoms with Gasteiger partial charge in [-0.25, -0.2) is 13.2 Å². The second-order valence-corrected chi connectivity index (χ2v) is 16.9. The van der Waals surface area contributed by atoms with Gasteiger partial charge in [0.15, 0.2) is 17.4 Å². The third kappa shape index (κ3) is 30.4. The van der Waals surface area contributed by atoms with Crippen molar-refractivity contribution in [1.29, 1.82) is 0 Å². The Hall–Kier alpha value is -2.60. The molecule has 3 unspecified atom stereocenters. The van der Waals surface area contributed by atoms with Crippen molar-refractivity contribution in [3.8, 4) is 5.75 Å². The molecule has 2 fully saturated rings. The highest BCUT2D eigenvalue weighted by atomic mass is 32.1. The summed E-state index contributed by atoms with van der Waals surface area (Å²) in [5.74, 6) is -8.74. The molecule has 0 saturated heterocycles. The number of rotatable bonds is 41. The maximum absolute atomic E-state index is 13.9. The molecule has 0 heterocycles. The first kappa shape index (κ1) is 65.4. The molecular weight excluding hydrogens is 945 g/mol. The molecule has 2 aliphatic carbocycles. The van der Waals surface area contributed by atoms with Crippen LogP contribution in [0, 0.1) is 36.1 Å². The van der Waals surface area contributed by atoms with Gasteiger partial charge in [-0.15, -0.1) is 0 Å². The minimum absolute atomic E-state index is 0.0781. The molecule has 3 atom stereocenters. The average molecular weight is 1030 g/mol. The van der Waals surface area contributed by atoms with Crippen molar-refractivity contribution < 1.29 is 80.3 Å². The topological polar surface area (TPSA) is 185 Å². The van der Waals surface area contributed by atoms with Crippen LogP contribution in [0.5, 0.6) is 5.75 Å². The SMILES string of the molecule is CC.CCC/C=C/NCCOCCOCCOCCOCCOCCOCCNC(CCOCCOCCC(=O)Oc1c(C)c(F)c(F)c(F)c1F)=C1CCC1.OCCC(O)C(O)CC(S)C1CCC1. The zero-order valence-corrected chi connectivity index (χ0v) is 43.2. The number of nitrogens with one attached hydrogen (secondary N) is 2. The van der Waals surface area contributed by atoms with Gasteiger partial charge in [0.1, 0.15) is 0 Å². The van der Waals surface area contributed by atoms with Crippen molar-refractivity contribution in [2.45, 2.75) is 122 Å². The van der Waals surface area contributed by atoms with E-state index >= 15 is 0 Å². The summed E-state index contributed by atoms with van der Waals surface area (Å²) >= 11 is 4.42. The number of halogens is 4. The average Bonchev–Trinajstić information content (AvgIpc) is 3.32. The van der Waals surface area contributed by atoms with E-state index in [9.17, 15) is 32.6 Å². The number of thiol groups is 1. The van der Waals surface area contributed by atoms with E-state index < -0.39 is 52.8 Å². The first-order chi connectivity index (χ1) is 34.0. The van der Waals surface area contributed by atoms with Gasteiger partial charge in [0.25, 0.3) is 0 Å². The van der Waals surface area contributed by atoms with E-state index in [1.165, 1.54) is 31.3 Å². The number of aliphatic hydroxyl groups excluding tert-OH is 3. The van der Waals surface area contributed by atoms with Crippen LogP contribution in [0.4, 0.5) is 17.6 Å². The van der Waals surface area contributed by atoms with Gasteiger partial charge < -0.3 is 68.6 Å². The number of unbranched alkanes of at least 4 members (excludes halogenated alkanes) is 1. The number of allylic oxidation sites excluding steroid dienone is 2. The Bertz CT molecular complexity index is 1500. The summed E-state index contributed by atoms with van der Waals surface area (Å²) in [4.78, 5) is 12.0. The van der Waals surface area contributed by atoms with E-state index in [4.69, 9.17) is 47.7 Å². The highest BCUT2D eigenvalue weighted by Gasteiger charge is 2.29. The van der Waals surface area contributed by atoms with Gasteiger partial charge in [-0.2, -0.15) is 17.0 Å². The molecule has 0 radical (unpaired) electrons. The predicted molar refractivity (Wildman–Crippen MR) is 263 cm³/mol. The molecule has 70 heavy (non-hydrogen) atoms. The van der Waals surface area contributed by atoms with Crippen molar-refractivity contribution in [3.05, 3.63) is 52.4 Å². The Morgan fingerprint density at radius 3 is 1.64 bits per heavy atom. The van der Waals surface area contributed by atoms with Crippen molar-refractivity contribution >= 4 is 18.6 Å². The van der Waals surface area contributed by atoms with Gasteiger partial charge in [0.05, 0.1) is 124 Å². The lowest BCUT2D eigenvalue weighted by molar-refractivity contribution is -0.136. The van der Waals surface area contributed by atoms with Crippen LogP contribution in [0.3, 0.4) is 0 Å². The molecule has 408 valence electrons. The number of carbonyl (C=O) groups excluding carboxylic acids is 1. The van der Waals surface area contributed by atoms with Crippen LogP contribution in [0.25, 0.3) is 0 Å². The van der Waals surface area contributed by atoms with E-state index in [2.05, 4.69) is 36.3 Å². The summed E-state index contributed by atoms with van der Waals surface area (Å²) in [5.41, 5.74) is 1.91. The highest BCUT2D eigenvalue weighted by Crippen LogP contribution is 2.35. The van der Waals surface area contributed by atoms with Crippen LogP contribution in [0.1, 0.15) is 103 Å². The number of aliphatic hydroxyl groups is 3. The summed E-state index contributed by atoms with van der Waals surface area (Å²) < 4.78 is 103. The van der Waals surface area contributed by atoms with Gasteiger partial charge in [-0.1, -0.05) is 45.3 Å². The summed E-state index contributed by atoms with van der Waals surface area (Å²) in [6, 6.07) is 0. The largest absolute Gasteiger partial charge is 0.423 e. The summed E-state index contributed by atoms with van der Waals surface area (Å²) in [5, 5.41) is 34.4. The molecule has 20 heteroatoms. The summed E-state index contributed by atoms with van der Waals surface area (Å²) in [6.07, 6.45) is 12.9. The van der Waals surface area contributed by atoms with Crippen LogP contribution in [0.15, 0.2) is 23.5 Å². The molecule has 0 aromatic heterocycles. The Labute approximate surface area is 420 Å². The van der Waals surface area contributed by atoms with Gasteiger partial charge in [0.2, 0.25) is 11.6 Å². The molecule has 5 N–H and O–H groups in total. The molecule has 1 aromatic rings. The van der Waals surface area contributed by atoms with E-state index in [1.807, 2.05) is 20.0 Å². The molecule has 1 aromatic carbocycles. The number of hydrogen-bond donors (Lipinski definition) is 6. The smallest absolute Gasteiger partial charge is 0.313 e. The fourth-order valence-corrected chi connectivity index (χ4v) is 6.99. The molecule has 0 amide bonds. The lowest BCUT2D eigenvalue weighted by Gasteiger charge is -2.32. The number of carbonyl (C=O) groups is 1. The highest BCUT2D eigenvalue weighted by molar-refractivity contribution is 7.81. The van der Waals surface area contributed by atoms with Crippen LogP contribution in [-0.4, -0.2) is 164 Å². The van der Waals surface area contributed by atoms with Crippen molar-refractivity contribution in [2.75, 3.05) is 125 Å². The molecule has 0 aliphatic heterocycles. The van der Waals surface area contributed by atoms with Crippen molar-refractivity contribution in [1.82, 2.24) is 10.6 Å². The summed E-state index contributed by atoms with van der Waals surface area (Å²) in [7, 11) is 0. The zero-order chi connectivity index (χ0) is 51.6. The van der Waals surface area contributed by atoms with Crippen LogP contribution in [-0.2, 0) is 42.7 Å². The molecular formula is C50H86F4N2O13S. The fourth-order valence-electron chi connectivity index (χ4n) is 6.47. The maximum atomic E-state index is 13.9. The lowest BCUT2D eigenvalue weighted by atomic mass is 9.80. The standard InChI is InChI=1S/C38H60F4N2O10.C10H20O3S.C2H6/c1-3-4-5-11-43-12-16-48-20-22-50-24-26-52-28-29-53-27-25-51-23-21-49-17-13-44-32(31-7-6-8-31)9-14-46-18-19-47-15-10-33(45)54-38-30(2)34(39)35(40)36(41)37(38)42;11-5-4-8(12)9(13)6-10(14)7-2-1-3-7;1-2/h5,11,43-44H,3-4,6-10,12-29H2,1-2H3;7-14H,1-6H2;1-2H3/b11-5+;;. The Morgan fingerprint density at radius 2 is 1.17 bits per heavy atom.